The summed E-state index contributed by atoms with van der Waals surface area (Å²) in [6, 6.07) is 0. The number of rotatable bonds is 1. The van der Waals surface area contributed by atoms with E-state index in [-0.39, 0.29) is 5.41 Å². The second kappa shape index (κ2) is 3.72. The van der Waals surface area contributed by atoms with E-state index in [4.69, 9.17) is 5.11 Å². The average Bonchev–Trinajstić information content (AvgIpc) is 2.01. The second-order valence-electron chi connectivity index (χ2n) is 4.99. The lowest BCUT2D eigenvalue weighted by Gasteiger charge is -2.36. The van der Waals surface area contributed by atoms with E-state index >= 15 is 0 Å². The van der Waals surface area contributed by atoms with Crippen LogP contribution in [0, 0.1) is 11.3 Å². The Kier molecular flexibility index (Phi) is 3.14. The zero-order valence-corrected chi connectivity index (χ0v) is 8.56. The third-order valence-corrected chi connectivity index (χ3v) is 3.17. The van der Waals surface area contributed by atoms with Crippen LogP contribution < -0.4 is 0 Å². The first-order valence-corrected chi connectivity index (χ1v) is 4.97. The van der Waals surface area contributed by atoms with Crippen LogP contribution in [0.1, 0.15) is 39.5 Å². The van der Waals surface area contributed by atoms with Crippen LogP contribution in [0.2, 0.25) is 0 Å². The molecule has 0 spiro atoms. The Morgan fingerprint density at radius 3 is 2.00 bits per heavy atom. The molecule has 0 aromatic heterocycles. The smallest absolute Gasteiger partial charge is 0.383 e. The first-order chi connectivity index (χ1) is 6.22. The van der Waals surface area contributed by atoms with Gasteiger partial charge in [0.1, 0.15) is 0 Å². The molecule has 0 bridgehead atoms. The fourth-order valence-corrected chi connectivity index (χ4v) is 2.00. The maximum atomic E-state index is 12.2. The summed E-state index contributed by atoms with van der Waals surface area (Å²) in [6.45, 7) is 4.12. The molecule has 0 unspecified atom stereocenters. The van der Waals surface area contributed by atoms with Gasteiger partial charge in [-0.3, -0.25) is 0 Å². The Bertz CT molecular complexity index is 188. The van der Waals surface area contributed by atoms with E-state index < -0.39 is 18.2 Å². The van der Waals surface area contributed by atoms with E-state index in [1.807, 2.05) is 0 Å². The van der Waals surface area contributed by atoms with Gasteiger partial charge in [-0.25, -0.2) is 0 Å². The summed E-state index contributed by atoms with van der Waals surface area (Å²) in [7, 11) is 0. The van der Waals surface area contributed by atoms with Crippen molar-refractivity contribution < 1.29 is 18.3 Å². The summed E-state index contributed by atoms with van der Waals surface area (Å²) in [6.07, 6.45) is -4.08. The van der Waals surface area contributed by atoms with Gasteiger partial charge in [-0.05, 0) is 37.0 Å². The van der Waals surface area contributed by atoms with E-state index in [1.54, 1.807) is 0 Å². The molecule has 0 aromatic rings. The van der Waals surface area contributed by atoms with Gasteiger partial charge in [0.2, 0.25) is 0 Å². The van der Waals surface area contributed by atoms with Gasteiger partial charge in [0, 0.05) is 0 Å². The monoisotopic (exact) mass is 210 g/mol. The first kappa shape index (κ1) is 11.8. The van der Waals surface area contributed by atoms with Crippen LogP contribution in [0.25, 0.3) is 0 Å². The number of aliphatic hydroxyl groups is 1. The molecule has 1 N–H and O–H groups in total. The summed E-state index contributed by atoms with van der Waals surface area (Å²) in [4.78, 5) is 0. The van der Waals surface area contributed by atoms with Crippen LogP contribution in [0.5, 0.6) is 0 Å². The Morgan fingerprint density at radius 2 is 1.64 bits per heavy atom. The average molecular weight is 210 g/mol. The molecular formula is C10H17F3O. The van der Waals surface area contributed by atoms with Crippen molar-refractivity contribution in [2.75, 3.05) is 0 Å². The number of aliphatic hydroxyl groups excluding tert-OH is 1. The predicted molar refractivity (Wildman–Crippen MR) is 47.8 cm³/mol. The summed E-state index contributed by atoms with van der Waals surface area (Å²) in [5.41, 5.74) is 0.141. The lowest BCUT2D eigenvalue weighted by atomic mass is 9.71. The number of halogens is 3. The van der Waals surface area contributed by atoms with Crippen LogP contribution in [0.15, 0.2) is 0 Å². The molecule has 84 valence electrons. The van der Waals surface area contributed by atoms with Crippen molar-refractivity contribution in [1.82, 2.24) is 0 Å². The molecular weight excluding hydrogens is 193 g/mol. The number of hydrogen-bond acceptors (Lipinski definition) is 1. The Balaban J connectivity index is 2.50. The molecule has 1 rings (SSSR count). The van der Waals surface area contributed by atoms with Crippen LogP contribution in [-0.2, 0) is 0 Å². The highest BCUT2D eigenvalue weighted by atomic mass is 19.4. The SMILES string of the molecule is CC1(C)CCC([C@@H](O)C(F)(F)F)CC1. The summed E-state index contributed by atoms with van der Waals surface area (Å²) >= 11 is 0. The molecule has 0 aliphatic heterocycles. The highest BCUT2D eigenvalue weighted by molar-refractivity contribution is 4.84. The molecule has 0 heterocycles. The first-order valence-electron chi connectivity index (χ1n) is 4.97. The largest absolute Gasteiger partial charge is 0.414 e. The number of alkyl halides is 3. The summed E-state index contributed by atoms with van der Waals surface area (Å²) in [5.74, 6) is -0.594. The van der Waals surface area contributed by atoms with Crippen molar-refractivity contribution in [3.63, 3.8) is 0 Å². The summed E-state index contributed by atoms with van der Waals surface area (Å²) in [5, 5.41) is 9.06. The van der Waals surface area contributed by atoms with E-state index in [0.717, 1.165) is 12.8 Å². The van der Waals surface area contributed by atoms with Gasteiger partial charge in [0.15, 0.2) is 6.10 Å². The van der Waals surface area contributed by atoms with Crippen molar-refractivity contribution in [3.05, 3.63) is 0 Å². The standard InChI is InChI=1S/C10H17F3O/c1-9(2)5-3-7(4-6-9)8(14)10(11,12)13/h7-8,14H,3-6H2,1-2H3/t8-/m1/s1. The maximum absolute atomic E-state index is 12.2. The van der Waals surface area contributed by atoms with E-state index in [1.165, 1.54) is 0 Å². The maximum Gasteiger partial charge on any atom is 0.414 e. The third-order valence-electron chi connectivity index (χ3n) is 3.17. The van der Waals surface area contributed by atoms with Gasteiger partial charge in [0.05, 0.1) is 0 Å². The van der Waals surface area contributed by atoms with Crippen molar-refractivity contribution in [2.45, 2.75) is 51.8 Å². The van der Waals surface area contributed by atoms with Gasteiger partial charge in [-0.15, -0.1) is 0 Å². The fourth-order valence-electron chi connectivity index (χ4n) is 2.00. The lowest BCUT2D eigenvalue weighted by molar-refractivity contribution is -0.223. The minimum Gasteiger partial charge on any atom is -0.383 e. The highest BCUT2D eigenvalue weighted by Gasteiger charge is 2.45. The molecule has 1 aliphatic rings. The van der Waals surface area contributed by atoms with Crippen molar-refractivity contribution >= 4 is 0 Å². The normalized spacial score (nSPS) is 26.1. The molecule has 0 amide bonds. The van der Waals surface area contributed by atoms with Crippen molar-refractivity contribution in [2.24, 2.45) is 11.3 Å². The Hall–Kier alpha value is -0.250. The second-order valence-corrected chi connectivity index (χ2v) is 4.99. The minimum atomic E-state index is -4.45. The zero-order valence-electron chi connectivity index (χ0n) is 8.56. The van der Waals surface area contributed by atoms with E-state index in [2.05, 4.69) is 13.8 Å². The highest BCUT2D eigenvalue weighted by Crippen LogP contribution is 2.42. The van der Waals surface area contributed by atoms with E-state index in [9.17, 15) is 13.2 Å². The van der Waals surface area contributed by atoms with Gasteiger partial charge >= 0.3 is 6.18 Å². The molecule has 1 saturated carbocycles. The van der Waals surface area contributed by atoms with Crippen LogP contribution in [0.3, 0.4) is 0 Å². The van der Waals surface area contributed by atoms with Gasteiger partial charge in [-0.1, -0.05) is 13.8 Å². The predicted octanol–water partition coefficient (Wildman–Crippen LogP) is 3.13. The molecule has 4 heteroatoms. The topological polar surface area (TPSA) is 20.2 Å². The Morgan fingerprint density at radius 1 is 1.21 bits per heavy atom. The lowest BCUT2D eigenvalue weighted by Crippen LogP contribution is -2.38. The van der Waals surface area contributed by atoms with Gasteiger partial charge in [-0.2, -0.15) is 13.2 Å². The Labute approximate surface area is 82.3 Å². The molecule has 1 fully saturated rings. The molecule has 1 aliphatic carbocycles. The molecule has 1 atom stereocenters. The van der Waals surface area contributed by atoms with Crippen molar-refractivity contribution in [3.8, 4) is 0 Å². The van der Waals surface area contributed by atoms with Gasteiger partial charge < -0.3 is 5.11 Å². The van der Waals surface area contributed by atoms with Crippen molar-refractivity contribution in [1.29, 1.82) is 0 Å². The van der Waals surface area contributed by atoms with Crippen LogP contribution in [-0.4, -0.2) is 17.4 Å². The number of hydrogen-bond donors (Lipinski definition) is 1. The van der Waals surface area contributed by atoms with Crippen LogP contribution in [0.4, 0.5) is 13.2 Å². The molecule has 14 heavy (non-hydrogen) atoms. The molecule has 0 aromatic carbocycles. The molecule has 0 saturated heterocycles. The van der Waals surface area contributed by atoms with Crippen LogP contribution >= 0.6 is 0 Å². The fraction of sp³-hybridized carbons (Fsp3) is 1.00. The third kappa shape index (κ3) is 2.87. The zero-order chi connectivity index (χ0) is 11.0. The quantitative estimate of drug-likeness (QED) is 0.705. The van der Waals surface area contributed by atoms with E-state index in [0.29, 0.717) is 12.8 Å². The van der Waals surface area contributed by atoms with Gasteiger partial charge in [0.25, 0.3) is 0 Å². The minimum absolute atomic E-state index is 0.141. The summed E-state index contributed by atoms with van der Waals surface area (Å²) < 4.78 is 36.5. The molecule has 0 radical (unpaired) electrons. The molecule has 1 nitrogen and oxygen atoms in total.